The maximum atomic E-state index is 6.13. The number of anilines is 1. The van der Waals surface area contributed by atoms with E-state index >= 15 is 0 Å². The van der Waals surface area contributed by atoms with Crippen LogP contribution < -0.4 is 9.64 Å². The minimum atomic E-state index is 0.363. The molecular weight excluding hydrogens is 404 g/mol. The Kier molecular flexibility index (Phi) is 7.16. The van der Waals surface area contributed by atoms with Gasteiger partial charge in [-0.3, -0.25) is 0 Å². The molecule has 0 bridgehead atoms. The molecule has 2 heterocycles. The summed E-state index contributed by atoms with van der Waals surface area (Å²) in [6, 6.07) is 22.6. The SMILES string of the molecule is C[C@@H](c1ccc2ccc(OCCCCCN3CCCCC3)cc2c1)N1CCc2ccccc21. The molecule has 0 aliphatic carbocycles. The van der Waals surface area contributed by atoms with Crippen molar-refractivity contribution >= 4 is 16.5 Å². The molecule has 0 unspecified atom stereocenters. The lowest BCUT2D eigenvalue weighted by Crippen LogP contribution is -2.30. The van der Waals surface area contributed by atoms with Gasteiger partial charge in [-0.15, -0.1) is 0 Å². The maximum absolute atomic E-state index is 6.13. The van der Waals surface area contributed by atoms with E-state index in [1.807, 2.05) is 0 Å². The summed E-state index contributed by atoms with van der Waals surface area (Å²) in [6.07, 6.45) is 9.02. The summed E-state index contributed by atoms with van der Waals surface area (Å²) in [5.74, 6) is 0.995. The molecule has 2 aliphatic heterocycles. The molecule has 5 rings (SSSR count). The number of nitrogens with zero attached hydrogens (tertiary/aromatic N) is 2. The molecule has 0 radical (unpaired) electrons. The van der Waals surface area contributed by atoms with E-state index < -0.39 is 0 Å². The molecule has 174 valence electrons. The number of piperidine rings is 1. The van der Waals surface area contributed by atoms with Crippen molar-refractivity contribution in [2.45, 2.75) is 57.9 Å². The zero-order valence-corrected chi connectivity index (χ0v) is 20.1. The number of likely N-dealkylation sites (tertiary alicyclic amines) is 1. The van der Waals surface area contributed by atoms with Crippen LogP contribution in [0.5, 0.6) is 5.75 Å². The van der Waals surface area contributed by atoms with E-state index in [1.54, 1.807) is 0 Å². The van der Waals surface area contributed by atoms with E-state index in [0.29, 0.717) is 6.04 Å². The van der Waals surface area contributed by atoms with Crippen molar-refractivity contribution in [3.05, 3.63) is 71.8 Å². The number of ether oxygens (including phenoxy) is 1. The zero-order valence-electron chi connectivity index (χ0n) is 20.1. The highest BCUT2D eigenvalue weighted by atomic mass is 16.5. The van der Waals surface area contributed by atoms with Crippen molar-refractivity contribution in [3.8, 4) is 5.75 Å². The number of benzene rings is 3. The third kappa shape index (κ3) is 5.35. The molecular formula is C30H38N2O. The van der Waals surface area contributed by atoms with Crippen LogP contribution in [-0.2, 0) is 6.42 Å². The fraction of sp³-hybridized carbons (Fsp3) is 0.467. The molecule has 1 fully saturated rings. The van der Waals surface area contributed by atoms with E-state index in [4.69, 9.17) is 4.74 Å². The van der Waals surface area contributed by atoms with Gasteiger partial charge in [0, 0.05) is 12.2 Å². The van der Waals surface area contributed by atoms with Crippen LogP contribution in [0.3, 0.4) is 0 Å². The van der Waals surface area contributed by atoms with E-state index in [1.165, 1.54) is 79.3 Å². The van der Waals surface area contributed by atoms with Crippen molar-refractivity contribution in [1.29, 1.82) is 0 Å². The number of unbranched alkanes of at least 4 members (excludes halogenated alkanes) is 2. The van der Waals surface area contributed by atoms with Gasteiger partial charge in [0.25, 0.3) is 0 Å². The molecule has 3 aromatic rings. The van der Waals surface area contributed by atoms with Crippen LogP contribution in [0.2, 0.25) is 0 Å². The van der Waals surface area contributed by atoms with Crippen molar-refractivity contribution in [3.63, 3.8) is 0 Å². The summed E-state index contributed by atoms with van der Waals surface area (Å²) >= 11 is 0. The lowest BCUT2D eigenvalue weighted by atomic mass is 10.0. The molecule has 0 aromatic heterocycles. The Balaban J connectivity index is 1.16. The fourth-order valence-corrected chi connectivity index (χ4v) is 5.53. The predicted molar refractivity (Wildman–Crippen MR) is 139 cm³/mol. The second kappa shape index (κ2) is 10.6. The summed E-state index contributed by atoms with van der Waals surface area (Å²) in [4.78, 5) is 5.17. The van der Waals surface area contributed by atoms with Gasteiger partial charge in [0.2, 0.25) is 0 Å². The van der Waals surface area contributed by atoms with E-state index in [-0.39, 0.29) is 0 Å². The molecule has 0 N–H and O–H groups in total. The number of para-hydroxylation sites is 1. The van der Waals surface area contributed by atoms with Gasteiger partial charge in [0.15, 0.2) is 0 Å². The number of hydrogen-bond donors (Lipinski definition) is 0. The third-order valence-corrected chi connectivity index (χ3v) is 7.54. The zero-order chi connectivity index (χ0) is 22.5. The van der Waals surface area contributed by atoms with Gasteiger partial charge in [-0.1, -0.05) is 42.8 Å². The molecule has 0 saturated carbocycles. The Labute approximate surface area is 199 Å². The van der Waals surface area contributed by atoms with Crippen LogP contribution in [0.15, 0.2) is 60.7 Å². The van der Waals surface area contributed by atoms with Gasteiger partial charge < -0.3 is 14.5 Å². The summed E-state index contributed by atoms with van der Waals surface area (Å²) in [5.41, 5.74) is 4.23. The van der Waals surface area contributed by atoms with Gasteiger partial charge >= 0.3 is 0 Å². The van der Waals surface area contributed by atoms with E-state index in [2.05, 4.69) is 77.4 Å². The van der Waals surface area contributed by atoms with Crippen LogP contribution in [-0.4, -0.2) is 37.7 Å². The van der Waals surface area contributed by atoms with Gasteiger partial charge in [-0.05, 0) is 111 Å². The average Bonchev–Trinajstić information content (AvgIpc) is 3.30. The van der Waals surface area contributed by atoms with Crippen LogP contribution in [0.4, 0.5) is 5.69 Å². The minimum absolute atomic E-state index is 0.363. The molecule has 0 spiro atoms. The maximum Gasteiger partial charge on any atom is 0.119 e. The average molecular weight is 443 g/mol. The predicted octanol–water partition coefficient (Wildman–Crippen LogP) is 7.00. The van der Waals surface area contributed by atoms with E-state index in [9.17, 15) is 0 Å². The lowest BCUT2D eigenvalue weighted by Gasteiger charge is -2.28. The van der Waals surface area contributed by atoms with Crippen molar-refractivity contribution < 1.29 is 4.74 Å². The molecule has 33 heavy (non-hydrogen) atoms. The first-order valence-electron chi connectivity index (χ1n) is 13.0. The fourth-order valence-electron chi connectivity index (χ4n) is 5.53. The monoisotopic (exact) mass is 442 g/mol. The summed E-state index contributed by atoms with van der Waals surface area (Å²) in [5, 5.41) is 2.55. The topological polar surface area (TPSA) is 15.7 Å². The number of rotatable bonds is 9. The van der Waals surface area contributed by atoms with Crippen LogP contribution in [0, 0.1) is 0 Å². The van der Waals surface area contributed by atoms with E-state index in [0.717, 1.165) is 31.7 Å². The van der Waals surface area contributed by atoms with Crippen molar-refractivity contribution in [2.75, 3.05) is 37.7 Å². The molecule has 1 saturated heterocycles. The standard InChI is InChI=1S/C30H38N2O/c1-24(32-20-16-26-10-4-5-11-30(26)32)27-13-12-25-14-15-29(23-28(25)22-27)33-21-9-3-8-19-31-17-6-2-7-18-31/h4-5,10-15,22-24H,2-3,6-9,16-21H2,1H3/t24-/m0/s1. The Bertz CT molecular complexity index is 1060. The lowest BCUT2D eigenvalue weighted by molar-refractivity contribution is 0.221. The largest absolute Gasteiger partial charge is 0.494 e. The number of fused-ring (bicyclic) bond motifs is 2. The highest BCUT2D eigenvalue weighted by Gasteiger charge is 2.24. The Hall–Kier alpha value is -2.52. The van der Waals surface area contributed by atoms with Gasteiger partial charge in [-0.2, -0.15) is 0 Å². The van der Waals surface area contributed by atoms with Gasteiger partial charge in [0.05, 0.1) is 12.6 Å². The van der Waals surface area contributed by atoms with Crippen molar-refractivity contribution in [1.82, 2.24) is 4.90 Å². The second-order valence-electron chi connectivity index (χ2n) is 9.83. The summed E-state index contributed by atoms with van der Waals surface area (Å²) in [6.45, 7) is 8.11. The highest BCUT2D eigenvalue weighted by Crippen LogP contribution is 2.35. The highest BCUT2D eigenvalue weighted by molar-refractivity contribution is 5.84. The normalized spacial score (nSPS) is 17.3. The third-order valence-electron chi connectivity index (χ3n) is 7.54. The second-order valence-corrected chi connectivity index (χ2v) is 9.83. The summed E-state index contributed by atoms with van der Waals surface area (Å²) < 4.78 is 6.13. The molecule has 0 amide bonds. The van der Waals surface area contributed by atoms with Gasteiger partial charge in [0.1, 0.15) is 5.75 Å². The number of hydrogen-bond acceptors (Lipinski definition) is 3. The van der Waals surface area contributed by atoms with Crippen LogP contribution in [0.25, 0.3) is 10.8 Å². The smallest absolute Gasteiger partial charge is 0.119 e. The quantitative estimate of drug-likeness (QED) is 0.332. The van der Waals surface area contributed by atoms with Crippen LogP contribution in [0.1, 0.15) is 62.6 Å². The minimum Gasteiger partial charge on any atom is -0.494 e. The first-order valence-corrected chi connectivity index (χ1v) is 13.0. The molecule has 3 aromatic carbocycles. The first-order chi connectivity index (χ1) is 16.3. The Morgan fingerprint density at radius 1 is 0.818 bits per heavy atom. The van der Waals surface area contributed by atoms with Crippen molar-refractivity contribution in [2.24, 2.45) is 0 Å². The van der Waals surface area contributed by atoms with Gasteiger partial charge in [-0.25, -0.2) is 0 Å². The Morgan fingerprint density at radius 2 is 1.67 bits per heavy atom. The molecule has 1 atom stereocenters. The molecule has 3 heteroatoms. The van der Waals surface area contributed by atoms with Crippen LogP contribution >= 0.6 is 0 Å². The first kappa shape index (κ1) is 22.3. The molecule has 3 nitrogen and oxygen atoms in total. The Morgan fingerprint density at radius 3 is 2.58 bits per heavy atom. The molecule has 2 aliphatic rings. The summed E-state index contributed by atoms with van der Waals surface area (Å²) in [7, 11) is 0.